The number of aliphatic carboxylic acids is 1. The van der Waals surface area contributed by atoms with Crippen molar-refractivity contribution in [3.63, 3.8) is 0 Å². The van der Waals surface area contributed by atoms with E-state index in [2.05, 4.69) is 22.0 Å². The minimum absolute atomic E-state index is 0.0461. The fraction of sp³-hybridized carbons (Fsp3) is 0.400. The molecule has 0 atom stereocenters. The van der Waals surface area contributed by atoms with Crippen molar-refractivity contribution < 1.29 is 9.90 Å². The van der Waals surface area contributed by atoms with E-state index >= 15 is 0 Å². The van der Waals surface area contributed by atoms with E-state index in [1.807, 2.05) is 0 Å². The van der Waals surface area contributed by atoms with Crippen LogP contribution < -0.4 is 0 Å². The van der Waals surface area contributed by atoms with Crippen molar-refractivity contribution in [2.45, 2.75) is 30.5 Å². The predicted molar refractivity (Wildman–Crippen MR) is 68.7 cm³/mol. The Morgan fingerprint density at radius 2 is 2.44 bits per heavy atom. The van der Waals surface area contributed by atoms with Crippen molar-refractivity contribution in [3.05, 3.63) is 23.2 Å². The summed E-state index contributed by atoms with van der Waals surface area (Å²) >= 11 is 2.75. The highest BCUT2D eigenvalue weighted by atomic mass is 32.2. The maximum atomic E-state index is 10.5. The molecule has 0 unspecified atom stereocenters. The van der Waals surface area contributed by atoms with Crippen LogP contribution in [0.3, 0.4) is 0 Å². The van der Waals surface area contributed by atoms with Crippen LogP contribution in [0.5, 0.6) is 0 Å². The van der Waals surface area contributed by atoms with Crippen molar-refractivity contribution in [2.75, 3.05) is 0 Å². The molecule has 18 heavy (non-hydrogen) atoms. The molecule has 96 valence electrons. The number of nitrogens with zero attached hydrogens (tertiary/aromatic N) is 4. The second kappa shape index (κ2) is 5.96. The van der Waals surface area contributed by atoms with Gasteiger partial charge in [0.1, 0.15) is 6.33 Å². The zero-order chi connectivity index (χ0) is 13.0. The van der Waals surface area contributed by atoms with Gasteiger partial charge in [-0.05, 0) is 6.42 Å². The minimum atomic E-state index is -0.872. The molecular weight excluding hydrogens is 272 g/mol. The lowest BCUT2D eigenvalue weighted by atomic mass is 10.3. The molecule has 0 saturated heterocycles. The highest BCUT2D eigenvalue weighted by Gasteiger charge is 2.08. The average molecular weight is 284 g/mol. The molecular formula is C10H12N4O2S2. The van der Waals surface area contributed by atoms with Crippen LogP contribution in [-0.4, -0.2) is 30.2 Å². The molecule has 1 N–H and O–H groups in total. The molecule has 0 aromatic carbocycles. The van der Waals surface area contributed by atoms with Crippen LogP contribution in [0, 0.1) is 0 Å². The van der Waals surface area contributed by atoms with Gasteiger partial charge >= 0.3 is 5.97 Å². The van der Waals surface area contributed by atoms with Crippen LogP contribution in [-0.2, 0) is 17.6 Å². The number of hydrogen-bond acceptors (Lipinski definition) is 6. The van der Waals surface area contributed by atoms with E-state index in [0.29, 0.717) is 5.69 Å². The molecule has 0 bridgehead atoms. The molecule has 2 rings (SSSR count). The van der Waals surface area contributed by atoms with E-state index in [0.717, 1.165) is 23.0 Å². The first-order chi connectivity index (χ1) is 8.67. The fourth-order valence-electron chi connectivity index (χ4n) is 1.31. The van der Waals surface area contributed by atoms with Crippen molar-refractivity contribution in [1.82, 2.24) is 19.2 Å². The number of carbonyl (C=O) groups is 1. The zero-order valence-corrected chi connectivity index (χ0v) is 11.4. The highest BCUT2D eigenvalue weighted by molar-refractivity contribution is 7.99. The molecule has 2 aromatic heterocycles. The molecule has 0 aliphatic rings. The van der Waals surface area contributed by atoms with Crippen molar-refractivity contribution in [2.24, 2.45) is 0 Å². The maximum absolute atomic E-state index is 10.5. The third kappa shape index (κ3) is 3.54. The van der Waals surface area contributed by atoms with Crippen LogP contribution >= 0.6 is 23.3 Å². The van der Waals surface area contributed by atoms with Crippen LogP contribution in [0.15, 0.2) is 16.0 Å². The summed E-state index contributed by atoms with van der Waals surface area (Å²) in [5.74, 6) is -0.0600. The van der Waals surface area contributed by atoms with Gasteiger partial charge in [0.15, 0.2) is 10.2 Å². The summed E-state index contributed by atoms with van der Waals surface area (Å²) < 4.78 is 2.41. The van der Waals surface area contributed by atoms with Gasteiger partial charge in [0, 0.05) is 23.7 Å². The summed E-state index contributed by atoms with van der Waals surface area (Å²) in [5.41, 5.74) is 0.573. The smallest absolute Gasteiger partial charge is 0.309 e. The van der Waals surface area contributed by atoms with E-state index in [-0.39, 0.29) is 6.42 Å². The maximum Gasteiger partial charge on any atom is 0.309 e. The molecule has 0 radical (unpaired) electrons. The number of rotatable bonds is 6. The van der Waals surface area contributed by atoms with E-state index in [1.54, 1.807) is 15.8 Å². The predicted octanol–water partition coefficient (Wildman–Crippen LogP) is 1.87. The Morgan fingerprint density at radius 3 is 3.17 bits per heavy atom. The monoisotopic (exact) mass is 284 g/mol. The highest BCUT2D eigenvalue weighted by Crippen LogP contribution is 2.23. The van der Waals surface area contributed by atoms with Crippen LogP contribution in [0.2, 0.25) is 0 Å². The molecule has 2 heterocycles. The van der Waals surface area contributed by atoms with Gasteiger partial charge in [-0.25, -0.2) is 9.97 Å². The Balaban J connectivity index is 1.99. The molecule has 0 amide bonds. The third-order valence-electron chi connectivity index (χ3n) is 2.03. The first-order valence-electron chi connectivity index (χ1n) is 5.42. The van der Waals surface area contributed by atoms with Crippen LogP contribution in [0.1, 0.15) is 24.9 Å². The van der Waals surface area contributed by atoms with Gasteiger partial charge in [-0.15, -0.1) is 16.4 Å². The Labute approximate surface area is 112 Å². The molecule has 0 aliphatic carbocycles. The molecule has 6 nitrogen and oxygen atoms in total. The second-order valence-electron chi connectivity index (χ2n) is 3.58. The number of thiazole rings is 1. The molecule has 0 aliphatic heterocycles. The lowest BCUT2D eigenvalue weighted by Gasteiger charge is -1.93. The largest absolute Gasteiger partial charge is 0.481 e. The van der Waals surface area contributed by atoms with Crippen molar-refractivity contribution in [1.29, 1.82) is 0 Å². The first-order valence-corrected chi connectivity index (χ1v) is 7.07. The van der Waals surface area contributed by atoms with E-state index in [9.17, 15) is 4.79 Å². The van der Waals surface area contributed by atoms with Crippen molar-refractivity contribution >= 4 is 29.3 Å². The van der Waals surface area contributed by atoms with E-state index in [4.69, 9.17) is 5.11 Å². The third-order valence-corrected chi connectivity index (χ3v) is 3.83. The normalized spacial score (nSPS) is 10.7. The Bertz CT molecular complexity index is 537. The number of hydrogen-bond donors (Lipinski definition) is 1. The minimum Gasteiger partial charge on any atom is -0.481 e. The number of aromatic nitrogens is 4. The van der Waals surface area contributed by atoms with Crippen molar-refractivity contribution in [3.8, 4) is 0 Å². The Morgan fingerprint density at radius 1 is 1.61 bits per heavy atom. The lowest BCUT2D eigenvalue weighted by Crippen LogP contribution is -2.00. The summed E-state index contributed by atoms with van der Waals surface area (Å²) in [7, 11) is 0. The average Bonchev–Trinajstić information content (AvgIpc) is 2.89. The van der Waals surface area contributed by atoms with Crippen LogP contribution in [0.4, 0.5) is 0 Å². The topological polar surface area (TPSA) is 80.9 Å². The summed E-state index contributed by atoms with van der Waals surface area (Å²) in [6.07, 6.45) is 3.47. The Hall–Kier alpha value is -1.41. The molecule has 2 aromatic rings. The van der Waals surface area contributed by atoms with Crippen LogP contribution in [0.25, 0.3) is 0 Å². The van der Waals surface area contributed by atoms with E-state index in [1.165, 1.54) is 23.3 Å². The first kappa shape index (κ1) is 13.0. The molecule has 8 heteroatoms. The fourth-order valence-corrected chi connectivity index (χ4v) is 2.95. The molecule has 0 spiro atoms. The van der Waals surface area contributed by atoms with Gasteiger partial charge in [-0.2, -0.15) is 4.09 Å². The SMILES string of the molecule is CCCc1ncn(Sc2nc(CC(=O)O)cs2)n1. The lowest BCUT2D eigenvalue weighted by molar-refractivity contribution is -0.136. The summed E-state index contributed by atoms with van der Waals surface area (Å²) in [6, 6.07) is 0. The summed E-state index contributed by atoms with van der Waals surface area (Å²) in [6.45, 7) is 2.08. The van der Waals surface area contributed by atoms with Gasteiger partial charge in [0.25, 0.3) is 0 Å². The quantitative estimate of drug-likeness (QED) is 0.872. The Kier molecular flexibility index (Phi) is 4.32. The standard InChI is InChI=1S/C10H12N4O2S2/c1-2-3-8-11-6-14(13-8)18-10-12-7(5-17-10)4-9(15)16/h5-6H,2-4H2,1H3,(H,15,16). The van der Waals surface area contributed by atoms with Gasteiger partial charge < -0.3 is 5.11 Å². The second-order valence-corrected chi connectivity index (χ2v) is 5.64. The zero-order valence-electron chi connectivity index (χ0n) is 9.74. The van der Waals surface area contributed by atoms with Gasteiger partial charge in [0.2, 0.25) is 0 Å². The van der Waals surface area contributed by atoms with E-state index < -0.39 is 5.97 Å². The van der Waals surface area contributed by atoms with Gasteiger partial charge in [-0.3, -0.25) is 4.79 Å². The van der Waals surface area contributed by atoms with Gasteiger partial charge in [0.05, 0.1) is 12.1 Å². The number of carboxylic acid groups (broad SMARTS) is 1. The molecule has 0 saturated carbocycles. The summed E-state index contributed by atoms with van der Waals surface area (Å²) in [4.78, 5) is 18.9. The molecule has 0 fully saturated rings. The van der Waals surface area contributed by atoms with Gasteiger partial charge in [-0.1, -0.05) is 6.92 Å². The number of carboxylic acids is 1. The summed E-state index contributed by atoms with van der Waals surface area (Å²) in [5, 5.41) is 14.7. The number of aryl methyl sites for hydroxylation is 1.